The molecule has 2 rings (SSSR count). The third-order valence-electron chi connectivity index (χ3n) is 2.64. The average Bonchev–Trinajstić information content (AvgIpc) is 2.45. The number of pyridine rings is 2. The van der Waals surface area contributed by atoms with Crippen LogP contribution in [-0.4, -0.2) is 22.2 Å². The van der Waals surface area contributed by atoms with E-state index in [1.54, 1.807) is 0 Å². The number of carbonyl (C=O) groups excluding carboxylic acids is 1. The van der Waals surface area contributed by atoms with Gasteiger partial charge in [-0.05, 0) is 18.2 Å². The van der Waals surface area contributed by atoms with Crippen LogP contribution in [0.2, 0.25) is 0 Å². The molecule has 11 heteroatoms. The number of alkyl halides is 6. The van der Waals surface area contributed by atoms with Crippen molar-refractivity contribution in [2.45, 2.75) is 12.5 Å². The highest BCUT2D eigenvalue weighted by Crippen LogP contribution is 2.30. The van der Waals surface area contributed by atoms with Gasteiger partial charge in [0.05, 0.1) is 11.3 Å². The number of hydrogen-bond acceptors (Lipinski definition) is 3. The predicted molar refractivity (Wildman–Crippen MR) is 73.2 cm³/mol. The molecule has 1 amide bonds. The molecule has 2 aromatic heterocycles. The van der Waals surface area contributed by atoms with Crippen LogP contribution in [-0.2, 0) is 6.18 Å². The van der Waals surface area contributed by atoms with Crippen molar-refractivity contribution in [3.63, 3.8) is 0 Å². The van der Waals surface area contributed by atoms with Gasteiger partial charge in [0.1, 0.15) is 5.69 Å². The number of rotatable bonds is 2. The number of nitrogens with zero attached hydrogens (tertiary/aromatic N) is 2. The second-order valence-electron chi connectivity index (χ2n) is 4.28. The molecule has 0 aromatic carbocycles. The maximum atomic E-state index is 12.7. The molecule has 2 aromatic rings. The summed E-state index contributed by atoms with van der Waals surface area (Å²) in [7, 11) is 0. The van der Waals surface area contributed by atoms with Gasteiger partial charge in [-0.15, -0.1) is 12.4 Å². The molecule has 0 radical (unpaired) electrons. The monoisotopic (exact) mass is 371 g/mol. The minimum Gasteiger partial charge on any atom is -0.269 e. The Bertz CT molecular complexity index is 732. The lowest BCUT2D eigenvalue weighted by atomic mass is 10.1. The molecule has 0 saturated heterocycles. The zero-order valence-corrected chi connectivity index (χ0v) is 12.3. The van der Waals surface area contributed by atoms with E-state index in [1.165, 1.54) is 0 Å². The summed E-state index contributed by atoms with van der Waals surface area (Å²) < 4.78 is 74.7. The molecule has 0 fully saturated rings. The summed E-state index contributed by atoms with van der Waals surface area (Å²) in [5.41, 5.74) is -2.27. The quantitative estimate of drug-likeness (QED) is 0.645. The normalized spacial score (nSPS) is 11.6. The third kappa shape index (κ3) is 4.82. The van der Waals surface area contributed by atoms with Crippen molar-refractivity contribution in [1.29, 1.82) is 0 Å². The van der Waals surface area contributed by atoms with E-state index < -0.39 is 29.6 Å². The molecule has 130 valence electrons. The fraction of sp³-hybridized carbons (Fsp3) is 0.154. The van der Waals surface area contributed by atoms with Crippen LogP contribution in [0.3, 0.4) is 0 Å². The maximum Gasteiger partial charge on any atom is 0.484 e. The van der Waals surface area contributed by atoms with E-state index in [2.05, 4.69) is 9.97 Å². The second kappa shape index (κ2) is 7.04. The fourth-order valence-electron chi connectivity index (χ4n) is 1.74. The van der Waals surface area contributed by atoms with Gasteiger partial charge in [0.15, 0.2) is 0 Å². The molecule has 4 nitrogen and oxygen atoms in total. The molecule has 0 bridgehead atoms. The molecule has 0 saturated carbocycles. The smallest absolute Gasteiger partial charge is 0.269 e. The Hall–Kier alpha value is -2.36. The van der Waals surface area contributed by atoms with Gasteiger partial charge >= 0.3 is 12.5 Å². The molecular formula is C13H8ClF6N3O. The van der Waals surface area contributed by atoms with Crippen molar-refractivity contribution in [1.82, 2.24) is 15.3 Å². The maximum absolute atomic E-state index is 12.7. The fourth-order valence-corrected chi connectivity index (χ4v) is 1.74. The van der Waals surface area contributed by atoms with Gasteiger partial charge in [0.25, 0.3) is 5.91 Å². The lowest BCUT2D eigenvalue weighted by molar-refractivity contribution is -0.146. The standard InChI is InChI=1S/C13H7F6N3O.ClH/c14-12(15,16)10-3-1-2-9(21-10)7-4-5-20-6-8(7)11(23)22-13(17,18)19;/h1-6H,(H,22,23);1H. The minimum absolute atomic E-state index is 0. The first-order valence-electron chi connectivity index (χ1n) is 5.96. The SMILES string of the molecule is Cl.O=C(NC(F)(F)F)c1cnccc1-c1cccc(C(F)(F)F)n1. The zero-order valence-electron chi connectivity index (χ0n) is 11.4. The molecule has 0 aliphatic rings. The van der Waals surface area contributed by atoms with Crippen LogP contribution >= 0.6 is 12.4 Å². The van der Waals surface area contributed by atoms with Crippen molar-refractivity contribution >= 4 is 18.3 Å². The van der Waals surface area contributed by atoms with Gasteiger partial charge in [0.2, 0.25) is 0 Å². The van der Waals surface area contributed by atoms with Gasteiger partial charge in [-0.1, -0.05) is 6.07 Å². The Morgan fingerprint density at radius 1 is 1.04 bits per heavy atom. The topological polar surface area (TPSA) is 54.9 Å². The summed E-state index contributed by atoms with van der Waals surface area (Å²) in [5.74, 6) is -1.54. The average molecular weight is 372 g/mol. The molecular weight excluding hydrogens is 364 g/mol. The van der Waals surface area contributed by atoms with Crippen LogP contribution in [0.1, 0.15) is 16.1 Å². The molecule has 0 aliphatic heterocycles. The Labute approximate surface area is 137 Å². The molecule has 2 heterocycles. The summed E-state index contributed by atoms with van der Waals surface area (Å²) in [5, 5.41) is 0.761. The lowest BCUT2D eigenvalue weighted by Gasteiger charge is -2.12. The van der Waals surface area contributed by atoms with E-state index in [9.17, 15) is 31.1 Å². The highest BCUT2D eigenvalue weighted by molar-refractivity contribution is 6.00. The Morgan fingerprint density at radius 3 is 2.29 bits per heavy atom. The van der Waals surface area contributed by atoms with E-state index in [4.69, 9.17) is 0 Å². The number of amides is 1. The highest BCUT2D eigenvalue weighted by Gasteiger charge is 2.34. The van der Waals surface area contributed by atoms with Crippen LogP contribution in [0.15, 0.2) is 36.7 Å². The summed E-state index contributed by atoms with van der Waals surface area (Å²) in [6, 6.07) is 4.00. The molecule has 0 aliphatic carbocycles. The first-order chi connectivity index (χ1) is 10.6. The van der Waals surface area contributed by atoms with E-state index in [0.29, 0.717) is 6.07 Å². The largest absolute Gasteiger partial charge is 0.484 e. The van der Waals surface area contributed by atoms with Crippen LogP contribution in [0.4, 0.5) is 26.3 Å². The van der Waals surface area contributed by atoms with Crippen LogP contribution in [0.25, 0.3) is 11.3 Å². The van der Waals surface area contributed by atoms with E-state index in [1.807, 2.05) is 0 Å². The molecule has 0 atom stereocenters. The molecule has 0 spiro atoms. The number of carbonyl (C=O) groups is 1. The van der Waals surface area contributed by atoms with Crippen molar-refractivity contribution < 1.29 is 31.1 Å². The van der Waals surface area contributed by atoms with Gasteiger partial charge in [-0.25, -0.2) is 4.98 Å². The first kappa shape index (κ1) is 19.7. The van der Waals surface area contributed by atoms with Crippen LogP contribution in [0.5, 0.6) is 0 Å². The van der Waals surface area contributed by atoms with Crippen LogP contribution < -0.4 is 5.32 Å². The van der Waals surface area contributed by atoms with Crippen LogP contribution in [0, 0.1) is 0 Å². The number of hydrogen-bond donors (Lipinski definition) is 1. The Balaban J connectivity index is 0.00000288. The second-order valence-corrected chi connectivity index (χ2v) is 4.28. The Morgan fingerprint density at radius 2 is 1.71 bits per heavy atom. The third-order valence-corrected chi connectivity index (χ3v) is 2.64. The van der Waals surface area contributed by atoms with Crippen molar-refractivity contribution in [2.75, 3.05) is 0 Å². The van der Waals surface area contributed by atoms with E-state index in [0.717, 1.165) is 35.9 Å². The summed E-state index contributed by atoms with van der Waals surface area (Å²) >= 11 is 0. The van der Waals surface area contributed by atoms with E-state index >= 15 is 0 Å². The van der Waals surface area contributed by atoms with Gasteiger partial charge in [-0.2, -0.15) is 26.3 Å². The van der Waals surface area contributed by atoms with Gasteiger partial charge < -0.3 is 0 Å². The summed E-state index contributed by atoms with van der Waals surface area (Å²) in [6.45, 7) is 0. The van der Waals surface area contributed by atoms with E-state index in [-0.39, 0.29) is 23.7 Å². The predicted octanol–water partition coefficient (Wildman–Crippen LogP) is 3.83. The number of halogens is 7. The lowest BCUT2D eigenvalue weighted by Crippen LogP contribution is -2.37. The van der Waals surface area contributed by atoms with Crippen molar-refractivity contribution in [2.24, 2.45) is 0 Å². The molecule has 1 N–H and O–H groups in total. The first-order valence-corrected chi connectivity index (χ1v) is 5.96. The summed E-state index contributed by atoms with van der Waals surface area (Å²) in [4.78, 5) is 18.5. The Kier molecular flexibility index (Phi) is 5.77. The van der Waals surface area contributed by atoms with Gasteiger partial charge in [0, 0.05) is 18.0 Å². The molecule has 0 unspecified atom stereocenters. The minimum atomic E-state index is -4.98. The highest BCUT2D eigenvalue weighted by atomic mass is 35.5. The number of nitrogens with one attached hydrogen (secondary N) is 1. The number of aromatic nitrogens is 2. The van der Waals surface area contributed by atoms with Crippen molar-refractivity contribution in [3.8, 4) is 11.3 Å². The summed E-state index contributed by atoms with van der Waals surface area (Å²) in [6.07, 6.45) is -7.76. The van der Waals surface area contributed by atoms with Crippen molar-refractivity contribution in [3.05, 3.63) is 47.9 Å². The molecule has 24 heavy (non-hydrogen) atoms. The van der Waals surface area contributed by atoms with Gasteiger partial charge in [-0.3, -0.25) is 15.1 Å². The zero-order chi connectivity index (χ0) is 17.3.